The van der Waals surface area contributed by atoms with Crippen molar-refractivity contribution in [2.45, 2.75) is 186 Å². The molecule has 0 spiro atoms. The van der Waals surface area contributed by atoms with Gasteiger partial charge in [0.1, 0.15) is 35.4 Å². The first-order chi connectivity index (χ1) is 40.5. The number of nitrogens with two attached hydrogens (primary N) is 3. The van der Waals surface area contributed by atoms with Gasteiger partial charge >= 0.3 is 0 Å². The number of aliphatic hydroxyl groups is 1. The van der Waals surface area contributed by atoms with Crippen molar-refractivity contribution in [2.24, 2.45) is 40.9 Å². The summed E-state index contributed by atoms with van der Waals surface area (Å²) in [6, 6.07) is 0.301. The topological polar surface area (TPSA) is 415 Å². The fourth-order valence-electron chi connectivity index (χ4n) is 10.2. The Morgan fingerprint density at radius 1 is 0.659 bits per heavy atom. The molecule has 25 heteroatoms. The summed E-state index contributed by atoms with van der Waals surface area (Å²) in [4.78, 5) is 169. The van der Waals surface area contributed by atoms with Crippen LogP contribution in [-0.4, -0.2) is 165 Å². The highest BCUT2D eigenvalue weighted by atomic mass is 16.3. The van der Waals surface area contributed by atoms with E-state index in [0.29, 0.717) is 82.3 Å². The van der Waals surface area contributed by atoms with E-state index in [0.717, 1.165) is 0 Å². The number of hydrogen-bond acceptors (Lipinski definition) is 18. The Hall–Kier alpha value is -7.09. The average molecular weight is 1190 g/mol. The highest BCUT2D eigenvalue weighted by molar-refractivity contribution is 5.98. The maximum Gasteiger partial charge on any atom is 0.246 e. The molecule has 1 aliphatic rings. The van der Waals surface area contributed by atoms with Crippen LogP contribution in [0.4, 0.5) is 0 Å². The van der Waals surface area contributed by atoms with E-state index in [1.807, 2.05) is 0 Å². The maximum atomic E-state index is 14.2. The van der Waals surface area contributed by atoms with Gasteiger partial charge in [0.2, 0.25) is 35.4 Å². The van der Waals surface area contributed by atoms with Crippen molar-refractivity contribution in [3.63, 3.8) is 0 Å². The summed E-state index contributed by atoms with van der Waals surface area (Å²) in [6.07, 6.45) is 6.10. The number of unbranched alkanes of at least 4 members (excludes halogenated alkanes) is 3. The van der Waals surface area contributed by atoms with Crippen molar-refractivity contribution in [3.8, 4) is 5.75 Å². The van der Waals surface area contributed by atoms with Crippen LogP contribution in [0.5, 0.6) is 5.75 Å². The summed E-state index contributed by atoms with van der Waals surface area (Å²) in [5.41, 5.74) is 18.2. The van der Waals surface area contributed by atoms with Gasteiger partial charge in [-0.1, -0.05) is 38.8 Å². The third kappa shape index (κ3) is 26.4. The molecule has 472 valence electrons. The lowest BCUT2D eigenvalue weighted by Gasteiger charge is -2.32. The van der Waals surface area contributed by atoms with Gasteiger partial charge in [-0.15, -0.1) is 0 Å². The molecule has 6 amide bonds. The minimum Gasteiger partial charge on any atom is -0.508 e. The van der Waals surface area contributed by atoms with Crippen LogP contribution in [0.2, 0.25) is 0 Å². The van der Waals surface area contributed by atoms with Crippen molar-refractivity contribution in [1.82, 2.24) is 41.5 Å². The molecule has 14 N–H and O–H groups in total. The number of carbonyl (C=O) groups is 12. The van der Waals surface area contributed by atoms with Gasteiger partial charge in [-0.2, -0.15) is 0 Å². The Morgan fingerprint density at radius 3 is 1.85 bits per heavy atom. The highest BCUT2D eigenvalue weighted by Gasteiger charge is 2.41. The third-order valence-electron chi connectivity index (χ3n) is 15.2. The summed E-state index contributed by atoms with van der Waals surface area (Å²) in [7, 11) is 0. The largest absolute Gasteiger partial charge is 0.508 e. The lowest BCUT2D eigenvalue weighted by Crippen LogP contribution is -2.57. The molecule has 25 nitrogen and oxygen atoms in total. The Labute approximate surface area is 498 Å². The number of nitrogens with one attached hydrogen (secondary N) is 6. The number of benzene rings is 1. The maximum absolute atomic E-state index is 14.2. The van der Waals surface area contributed by atoms with Gasteiger partial charge in [-0.05, 0) is 121 Å². The van der Waals surface area contributed by atoms with Crippen LogP contribution in [-0.2, 0) is 70.4 Å². The van der Waals surface area contributed by atoms with Gasteiger partial charge in [-0.25, -0.2) is 4.98 Å². The number of aromatic hydroxyl groups is 1. The molecule has 3 rings (SSSR count). The molecular weight excluding hydrogens is 1100 g/mol. The van der Waals surface area contributed by atoms with Gasteiger partial charge in [0.05, 0.1) is 37.5 Å². The van der Waals surface area contributed by atoms with E-state index in [4.69, 9.17) is 17.2 Å². The second kappa shape index (κ2) is 38.8. The first kappa shape index (κ1) is 72.2. The van der Waals surface area contributed by atoms with Crippen molar-refractivity contribution in [3.05, 3.63) is 48.0 Å². The third-order valence-corrected chi connectivity index (χ3v) is 15.2. The zero-order valence-corrected chi connectivity index (χ0v) is 50.0. The molecule has 0 radical (unpaired) electrons. The normalized spacial score (nSPS) is 15.5. The smallest absolute Gasteiger partial charge is 0.246 e. The lowest BCUT2D eigenvalue weighted by molar-refractivity contribution is -0.143. The molecule has 0 saturated carbocycles. The van der Waals surface area contributed by atoms with Gasteiger partial charge < -0.3 is 68.7 Å². The number of H-pyrrole nitrogens is 1. The van der Waals surface area contributed by atoms with Crippen LogP contribution in [0.15, 0.2) is 36.8 Å². The molecule has 0 bridgehead atoms. The van der Waals surface area contributed by atoms with Crippen LogP contribution in [0.1, 0.15) is 155 Å². The fourth-order valence-corrected chi connectivity index (χ4v) is 10.2. The number of imidazole rings is 1. The summed E-state index contributed by atoms with van der Waals surface area (Å²) in [6.45, 7) is 6.27. The first-order valence-corrected chi connectivity index (χ1v) is 29.9. The van der Waals surface area contributed by atoms with Crippen molar-refractivity contribution in [1.29, 1.82) is 0 Å². The predicted octanol–water partition coefficient (Wildman–Crippen LogP) is 1.02. The van der Waals surface area contributed by atoms with E-state index in [1.165, 1.54) is 37.2 Å². The number of Topliss-reactive ketones (excluding diaryl/α,β-unsaturated/α-hetero) is 6. The van der Waals surface area contributed by atoms with Gasteiger partial charge in [0.25, 0.3) is 0 Å². The molecular formula is C60H93N11O14. The molecule has 1 aliphatic heterocycles. The number of aromatic amines is 1. The minimum atomic E-state index is -1.44. The van der Waals surface area contributed by atoms with Gasteiger partial charge in [0.15, 0.2) is 23.1 Å². The number of phenolic OH excluding ortho intramolecular Hbond substituents is 1. The molecule has 1 fully saturated rings. The minimum absolute atomic E-state index is 0.0343. The molecule has 8 atom stereocenters. The van der Waals surface area contributed by atoms with Crippen LogP contribution in [0, 0.1) is 23.7 Å². The number of aliphatic hydroxyl groups excluding tert-OH is 1. The SMILES string of the molecule is CC(=O)C[C@@H](Cc1cnc[nH]1)C(=O)N[C@H](C(=O)N1CCC[C@H]1C(=O)N[C@@H](Cc1ccc(O)cc1)C(=O)CCC(=O)NCC(=O)CCC(=O)N[C@@H](CO)C(=O)C[C@@H](CCCCN)C(=O)N[C@@H](CCCCN)C(=O)C[C@@H](CCCCN)C(C)=O)C(C)C. The number of rotatable bonds is 44. The van der Waals surface area contributed by atoms with E-state index >= 15 is 0 Å². The van der Waals surface area contributed by atoms with E-state index in [-0.39, 0.29) is 87.4 Å². The Morgan fingerprint density at radius 2 is 1.26 bits per heavy atom. The van der Waals surface area contributed by atoms with E-state index in [2.05, 4.69) is 36.6 Å². The number of phenols is 1. The molecule has 0 aliphatic carbocycles. The quantitative estimate of drug-likeness (QED) is 0.0413. The fraction of sp³-hybridized carbons (Fsp3) is 0.650. The molecule has 85 heavy (non-hydrogen) atoms. The summed E-state index contributed by atoms with van der Waals surface area (Å²) in [5, 5.41) is 33.3. The van der Waals surface area contributed by atoms with Crippen LogP contribution in [0.25, 0.3) is 0 Å². The molecule has 0 unspecified atom stereocenters. The summed E-state index contributed by atoms with van der Waals surface area (Å²) >= 11 is 0. The Balaban J connectivity index is 1.60. The summed E-state index contributed by atoms with van der Waals surface area (Å²) < 4.78 is 0. The average Bonchev–Trinajstić information content (AvgIpc) is 3.71. The summed E-state index contributed by atoms with van der Waals surface area (Å²) in [5.74, 6) is -8.93. The monoisotopic (exact) mass is 1190 g/mol. The zero-order valence-electron chi connectivity index (χ0n) is 50.0. The van der Waals surface area contributed by atoms with Gasteiger partial charge in [0, 0.05) is 81.6 Å². The highest BCUT2D eigenvalue weighted by Crippen LogP contribution is 2.24. The van der Waals surface area contributed by atoms with E-state index < -0.39 is 139 Å². The number of amides is 6. The Kier molecular flexibility index (Phi) is 32.9. The zero-order chi connectivity index (χ0) is 63.0. The molecule has 2 aromatic rings. The van der Waals surface area contributed by atoms with Gasteiger partial charge in [-0.3, -0.25) is 52.7 Å². The number of ketones is 6. The second-order valence-electron chi connectivity index (χ2n) is 22.6. The number of hydrogen-bond donors (Lipinski definition) is 11. The lowest BCUT2D eigenvalue weighted by atomic mass is 9.88. The van der Waals surface area contributed by atoms with Crippen molar-refractivity contribution >= 4 is 70.1 Å². The van der Waals surface area contributed by atoms with Crippen LogP contribution >= 0.6 is 0 Å². The molecule has 2 heterocycles. The van der Waals surface area contributed by atoms with Crippen molar-refractivity contribution in [2.75, 3.05) is 39.3 Å². The predicted molar refractivity (Wildman–Crippen MR) is 314 cm³/mol. The Bertz CT molecular complexity index is 2520. The standard InChI is InChI=1S/C60H93N11O14/c1-37(2)56(70-58(83)43(28-38(3)73)30-44-33-64-36-66-44)60(85)71-27-11-15-50(71)59(84)69-48(29-40-16-18-45(75)19-17-40)51(77)21-23-54(80)65-34-46(76)20-22-55(81)67-49(35-72)53(79)32-42(13-6-9-25-62)57(82)68-47(14-7-10-26-63)52(78)31-41(39(4)74)12-5-8-24-61/h16-19,33,36-37,41-43,47-50,56,72,75H,5-15,20-32,34-35,61-63H2,1-4H3,(H,64,66)(H,65,80)(H,67,81)(H,68,82)(H,69,84)(H,70,83)/t41-,42-,43+,47+,48+,49+,50+,56+/m1/s1. The van der Waals surface area contributed by atoms with Crippen molar-refractivity contribution < 1.29 is 67.7 Å². The number of likely N-dealkylation sites (tertiary alicyclic amines) is 1. The molecule has 1 aromatic heterocycles. The number of aromatic nitrogens is 2. The first-order valence-electron chi connectivity index (χ1n) is 29.9. The van der Waals surface area contributed by atoms with E-state index in [1.54, 1.807) is 32.2 Å². The van der Waals surface area contributed by atoms with Crippen LogP contribution < -0.4 is 43.8 Å². The number of nitrogens with zero attached hydrogens (tertiary/aromatic N) is 2. The molecule has 1 saturated heterocycles. The van der Waals surface area contributed by atoms with Crippen LogP contribution in [0.3, 0.4) is 0 Å². The number of carbonyl (C=O) groups excluding carboxylic acids is 12. The second-order valence-corrected chi connectivity index (χ2v) is 22.6. The van der Waals surface area contributed by atoms with E-state index in [9.17, 15) is 67.7 Å². The molecule has 1 aromatic carbocycles.